The number of halogens is 3. The van der Waals surface area contributed by atoms with Gasteiger partial charge in [-0.3, -0.25) is 0 Å². The summed E-state index contributed by atoms with van der Waals surface area (Å²) in [5.74, 6) is 1.20. The molecule has 0 fully saturated rings. The molecule has 0 radical (unpaired) electrons. The van der Waals surface area contributed by atoms with Gasteiger partial charge in [0.05, 0.1) is 19.8 Å². The second-order valence-corrected chi connectivity index (χ2v) is 4.83. The van der Waals surface area contributed by atoms with Crippen LogP contribution in [0.15, 0.2) is 0 Å². The van der Waals surface area contributed by atoms with Crippen LogP contribution in [0.2, 0.25) is 0 Å². The van der Waals surface area contributed by atoms with Gasteiger partial charge in [-0.15, -0.1) is 34.8 Å². The number of ether oxygens (including phenoxy) is 3. The summed E-state index contributed by atoms with van der Waals surface area (Å²) in [5.41, 5.74) is -0.960. The predicted molar refractivity (Wildman–Crippen MR) is 62.7 cm³/mol. The second kappa shape index (κ2) is 9.21. The molecule has 7 heteroatoms. The van der Waals surface area contributed by atoms with Gasteiger partial charge in [0.15, 0.2) is 0 Å². The Kier molecular flexibility index (Phi) is 9.85. The first-order chi connectivity index (χ1) is 6.68. The number of hydrogen-bond donors (Lipinski definition) is 0. The monoisotopic (exact) mass is 280 g/mol. The molecule has 0 rings (SSSR count). The molecule has 0 bridgehead atoms. The van der Waals surface area contributed by atoms with Crippen LogP contribution in [0.1, 0.15) is 0 Å². The molecule has 0 aliphatic heterocycles. The van der Waals surface area contributed by atoms with Crippen LogP contribution >= 0.6 is 34.8 Å². The average Bonchev–Trinajstić information content (AvgIpc) is 2.21. The summed E-state index contributed by atoms with van der Waals surface area (Å²) in [6.45, 7) is 1.15. The maximum absolute atomic E-state index is 5.50. The van der Waals surface area contributed by atoms with Crippen LogP contribution in [0.25, 0.3) is 0 Å². The summed E-state index contributed by atoms with van der Waals surface area (Å²) in [7, 11) is 0.569. The molecule has 0 saturated carbocycles. The largest absolute Gasteiger partial charge is 0.331 e. The highest BCUT2D eigenvalue weighted by Crippen LogP contribution is 2.11. The highest BCUT2D eigenvalue weighted by atomic mass is 35.5. The van der Waals surface area contributed by atoms with E-state index in [4.69, 9.17) is 49.0 Å². The molecule has 0 amide bonds. The van der Waals surface area contributed by atoms with E-state index in [1.807, 2.05) is 0 Å². The normalized spacial score (nSPS) is 12.2. The van der Waals surface area contributed by atoms with Gasteiger partial charge in [0.25, 0.3) is 0 Å². The fourth-order valence-corrected chi connectivity index (χ4v) is 1.64. The van der Waals surface area contributed by atoms with E-state index in [0.29, 0.717) is 47.7 Å². The minimum atomic E-state index is -0.960. The lowest BCUT2D eigenvalue weighted by molar-refractivity contribution is -0.319. The zero-order chi connectivity index (χ0) is 10.9. The molecule has 3 nitrogen and oxygen atoms in total. The molecule has 0 aromatic heterocycles. The molecule has 0 N–H and O–H groups in total. The quantitative estimate of drug-likeness (QED) is 0.354. The fourth-order valence-electron chi connectivity index (χ4n) is 0.797. The van der Waals surface area contributed by atoms with E-state index in [1.165, 1.54) is 0 Å². The van der Waals surface area contributed by atoms with Gasteiger partial charge in [0.1, 0.15) is 10.2 Å². The molecule has 0 unspecified atom stereocenters. The molecule has 0 aliphatic carbocycles. The van der Waals surface area contributed by atoms with Crippen LogP contribution in [0, 0.1) is 0 Å². The molecule has 0 spiro atoms. The molecule has 0 aliphatic rings. The van der Waals surface area contributed by atoms with E-state index in [2.05, 4.69) is 0 Å². The first-order valence-electron chi connectivity index (χ1n) is 4.28. The lowest BCUT2D eigenvalue weighted by Gasteiger charge is -2.29. The van der Waals surface area contributed by atoms with Crippen molar-refractivity contribution in [2.24, 2.45) is 0 Å². The number of hydrogen-bond acceptors (Lipinski definition) is 3. The first kappa shape index (κ1) is 15.0. The Hall–Kier alpha value is 0.967. The minimum Gasteiger partial charge on any atom is -0.331 e. The Morgan fingerprint density at radius 2 is 1.07 bits per heavy atom. The third kappa shape index (κ3) is 7.28. The maximum Gasteiger partial charge on any atom is 0.245 e. The Balaban J connectivity index is 3.89. The van der Waals surface area contributed by atoms with Crippen LogP contribution in [-0.4, -0.2) is 53.3 Å². The van der Waals surface area contributed by atoms with Crippen molar-refractivity contribution in [1.29, 1.82) is 0 Å². The molecule has 0 aromatic rings. The number of rotatable bonds is 9. The van der Waals surface area contributed by atoms with Crippen molar-refractivity contribution in [1.82, 2.24) is 0 Å². The Morgan fingerprint density at radius 1 is 0.786 bits per heavy atom. The molecule has 0 heterocycles. The van der Waals surface area contributed by atoms with E-state index in [1.54, 1.807) is 0 Å². The summed E-state index contributed by atoms with van der Waals surface area (Å²) < 4.78 is 16.1. The number of alkyl halides is 3. The third-order valence-corrected chi connectivity index (χ3v) is 2.65. The highest BCUT2D eigenvalue weighted by Gasteiger charge is 2.25. The highest BCUT2D eigenvalue weighted by molar-refractivity contribution is 6.18. The van der Waals surface area contributed by atoms with Crippen LogP contribution in [0.5, 0.6) is 0 Å². The Labute approximate surface area is 102 Å². The van der Waals surface area contributed by atoms with Gasteiger partial charge < -0.3 is 14.2 Å². The fraction of sp³-hybridized carbons (Fsp3) is 1.00. The van der Waals surface area contributed by atoms with E-state index >= 15 is 0 Å². The van der Waals surface area contributed by atoms with Crippen molar-refractivity contribution in [3.63, 3.8) is 0 Å². The second-order valence-electron chi connectivity index (χ2n) is 2.47. The van der Waals surface area contributed by atoms with Gasteiger partial charge in [-0.25, -0.2) is 0 Å². The zero-order valence-corrected chi connectivity index (χ0v) is 12.4. The van der Waals surface area contributed by atoms with Crippen molar-refractivity contribution >= 4 is 45.0 Å². The van der Waals surface area contributed by atoms with E-state index in [0.717, 1.165) is 0 Å². The smallest absolute Gasteiger partial charge is 0.245 e. The summed E-state index contributed by atoms with van der Waals surface area (Å²) in [6.07, 6.45) is 0. The van der Waals surface area contributed by atoms with Gasteiger partial charge in [0.2, 0.25) is 5.60 Å². The summed E-state index contributed by atoms with van der Waals surface area (Å²) in [4.78, 5) is 0. The van der Waals surface area contributed by atoms with Crippen LogP contribution in [0.3, 0.4) is 0 Å². The molecule has 0 atom stereocenters. The van der Waals surface area contributed by atoms with Crippen molar-refractivity contribution in [2.75, 3.05) is 37.5 Å². The van der Waals surface area contributed by atoms with Crippen molar-refractivity contribution < 1.29 is 14.2 Å². The van der Waals surface area contributed by atoms with Gasteiger partial charge >= 0.3 is 0 Å². The molecular weight excluding hydrogens is 267 g/mol. The molecule has 14 heavy (non-hydrogen) atoms. The summed E-state index contributed by atoms with van der Waals surface area (Å²) in [6, 6.07) is 0. The minimum absolute atomic E-state index is 0.385. The molecule has 86 valence electrons. The van der Waals surface area contributed by atoms with Crippen LogP contribution < -0.4 is 0 Å². The van der Waals surface area contributed by atoms with E-state index < -0.39 is 5.60 Å². The van der Waals surface area contributed by atoms with Gasteiger partial charge in [-0.1, -0.05) is 0 Å². The molecule has 0 aromatic carbocycles. The SMILES string of the molecule is [SiH3]C(OCCCl)(OCCCl)OCCCl. The maximum atomic E-state index is 5.50. The lowest BCUT2D eigenvalue weighted by Crippen LogP contribution is -2.41. The van der Waals surface area contributed by atoms with Crippen molar-refractivity contribution in [2.45, 2.75) is 5.60 Å². The Bertz CT molecular complexity index is 118. The van der Waals surface area contributed by atoms with Crippen LogP contribution in [-0.2, 0) is 14.2 Å². The first-order valence-corrected chi connectivity index (χ1v) is 6.88. The standard InChI is InChI=1S/C7H15Cl3O3Si/c8-1-4-11-7(14,12-5-2-9)13-6-3-10/h1-6H2,14H3. The predicted octanol–water partition coefficient (Wildman–Crippen LogP) is 0.729. The summed E-state index contributed by atoms with van der Waals surface area (Å²) >= 11 is 16.5. The van der Waals surface area contributed by atoms with Gasteiger partial charge in [-0.05, 0) is 0 Å². The topological polar surface area (TPSA) is 27.7 Å². The van der Waals surface area contributed by atoms with E-state index in [9.17, 15) is 0 Å². The van der Waals surface area contributed by atoms with Crippen LogP contribution in [0.4, 0.5) is 0 Å². The van der Waals surface area contributed by atoms with Crippen molar-refractivity contribution in [3.05, 3.63) is 0 Å². The summed E-state index contributed by atoms with van der Waals surface area (Å²) in [5, 5.41) is 0. The average molecular weight is 282 g/mol. The Morgan fingerprint density at radius 3 is 1.29 bits per heavy atom. The van der Waals surface area contributed by atoms with Gasteiger partial charge in [-0.2, -0.15) is 0 Å². The zero-order valence-electron chi connectivity index (χ0n) is 8.10. The van der Waals surface area contributed by atoms with Gasteiger partial charge in [0, 0.05) is 17.6 Å². The third-order valence-electron chi connectivity index (χ3n) is 1.32. The lowest BCUT2D eigenvalue weighted by atomic mass is 10.8. The van der Waals surface area contributed by atoms with Crippen molar-refractivity contribution in [3.8, 4) is 0 Å². The molecule has 0 saturated heterocycles. The van der Waals surface area contributed by atoms with E-state index in [-0.39, 0.29) is 0 Å². The molecular formula is C7H15Cl3O3Si.